The molecule has 0 spiro atoms. The van der Waals surface area contributed by atoms with E-state index in [2.05, 4.69) is 0 Å². The van der Waals surface area contributed by atoms with E-state index in [0.717, 1.165) is 5.56 Å². The zero-order valence-electron chi connectivity index (χ0n) is 7.53. The minimum Gasteiger partial charge on any atom is -0.237 e. The maximum Gasteiger partial charge on any atom is 0.154 e. The van der Waals surface area contributed by atoms with Gasteiger partial charge in [0, 0.05) is 5.92 Å². The molecule has 2 unspecified atom stereocenters. The second kappa shape index (κ2) is 3.97. The second-order valence-electron chi connectivity index (χ2n) is 3.27. The number of benzene rings is 1. The largest absolute Gasteiger partial charge is 0.237 e. The summed E-state index contributed by atoms with van der Waals surface area (Å²) >= 11 is 5.75. The van der Waals surface area contributed by atoms with Crippen LogP contribution in [0.15, 0.2) is 53.6 Å². The third kappa shape index (κ3) is 1.88. The first kappa shape index (κ1) is 9.47. The van der Waals surface area contributed by atoms with Gasteiger partial charge in [0.15, 0.2) is 6.17 Å². The summed E-state index contributed by atoms with van der Waals surface area (Å²) in [5, 5.41) is 0.279. The summed E-state index contributed by atoms with van der Waals surface area (Å²) in [5.41, 5.74) is 1.13. The third-order valence-electron chi connectivity index (χ3n) is 2.27. The van der Waals surface area contributed by atoms with Gasteiger partial charge in [0.1, 0.15) is 0 Å². The number of rotatable bonds is 1. The molecule has 0 heterocycles. The molecule has 1 aliphatic carbocycles. The van der Waals surface area contributed by atoms with Gasteiger partial charge in [-0.05, 0) is 11.6 Å². The Labute approximate surface area is 87.7 Å². The average Bonchev–Trinajstić information content (AvgIpc) is 2.23. The van der Waals surface area contributed by atoms with E-state index < -0.39 is 6.17 Å². The number of allylic oxidation sites excluding steroid dienone is 4. The highest BCUT2D eigenvalue weighted by Gasteiger charge is 2.16. The molecule has 2 atom stereocenters. The van der Waals surface area contributed by atoms with Crippen LogP contribution in [0.5, 0.6) is 0 Å². The molecule has 2 rings (SSSR count). The lowest BCUT2D eigenvalue weighted by atomic mass is 9.94. The maximum atomic E-state index is 13.0. The molecule has 1 aromatic rings. The molecule has 0 aromatic heterocycles. The molecule has 0 nitrogen and oxygen atoms in total. The van der Waals surface area contributed by atoms with E-state index in [4.69, 9.17) is 11.6 Å². The van der Waals surface area contributed by atoms with E-state index in [1.54, 1.807) is 6.08 Å². The minimum atomic E-state index is -1.13. The third-order valence-corrected chi connectivity index (χ3v) is 2.61. The van der Waals surface area contributed by atoms with Crippen LogP contribution in [0, 0.1) is 0 Å². The topological polar surface area (TPSA) is 0 Å². The zero-order valence-corrected chi connectivity index (χ0v) is 8.29. The van der Waals surface area contributed by atoms with Crippen molar-refractivity contribution in [2.75, 3.05) is 0 Å². The Morgan fingerprint density at radius 3 is 2.43 bits per heavy atom. The Balaban J connectivity index is 2.26. The van der Waals surface area contributed by atoms with Crippen molar-refractivity contribution in [2.45, 2.75) is 12.1 Å². The number of hydrogen-bond acceptors (Lipinski definition) is 0. The first-order chi connectivity index (χ1) is 6.77. The van der Waals surface area contributed by atoms with Crippen LogP contribution in [-0.2, 0) is 0 Å². The zero-order chi connectivity index (χ0) is 9.97. The normalized spacial score (nSPS) is 26.0. The number of halogens is 2. The van der Waals surface area contributed by atoms with E-state index in [1.807, 2.05) is 36.4 Å². The van der Waals surface area contributed by atoms with Crippen molar-refractivity contribution >= 4 is 11.6 Å². The van der Waals surface area contributed by atoms with Crippen LogP contribution in [0.2, 0.25) is 0 Å². The standard InChI is InChI=1S/C12H10ClF/c13-11-8-10(6-7-12(11)14)9-4-2-1-3-5-9/h1-8,10,12H. The molecule has 14 heavy (non-hydrogen) atoms. The van der Waals surface area contributed by atoms with Crippen molar-refractivity contribution < 1.29 is 4.39 Å². The molecule has 0 fully saturated rings. The first-order valence-electron chi connectivity index (χ1n) is 4.52. The van der Waals surface area contributed by atoms with E-state index in [0.29, 0.717) is 0 Å². The minimum absolute atomic E-state index is 0.107. The molecular weight excluding hydrogens is 199 g/mol. The van der Waals surface area contributed by atoms with Gasteiger partial charge in [-0.25, -0.2) is 4.39 Å². The predicted octanol–water partition coefficient (Wildman–Crippen LogP) is 3.80. The summed E-state index contributed by atoms with van der Waals surface area (Å²) in [7, 11) is 0. The molecule has 0 bridgehead atoms. The van der Waals surface area contributed by atoms with Gasteiger partial charge in [-0.2, -0.15) is 0 Å². The van der Waals surface area contributed by atoms with Crippen LogP contribution >= 0.6 is 11.6 Å². The molecule has 0 N–H and O–H groups in total. The van der Waals surface area contributed by atoms with Gasteiger partial charge >= 0.3 is 0 Å². The van der Waals surface area contributed by atoms with Crippen molar-refractivity contribution in [3.05, 3.63) is 59.2 Å². The Bertz CT molecular complexity index is 367. The number of alkyl halides is 1. The SMILES string of the molecule is FC1C=CC(c2ccccc2)C=C1Cl. The molecule has 0 saturated carbocycles. The summed E-state index contributed by atoms with van der Waals surface area (Å²) in [5.74, 6) is 0.107. The van der Waals surface area contributed by atoms with Crippen molar-refractivity contribution in [3.63, 3.8) is 0 Å². The Kier molecular flexibility index (Phi) is 2.69. The molecule has 0 aliphatic heterocycles. The van der Waals surface area contributed by atoms with E-state index in [9.17, 15) is 4.39 Å². The average molecular weight is 209 g/mol. The monoisotopic (exact) mass is 208 g/mol. The van der Waals surface area contributed by atoms with Crippen LogP contribution in [-0.4, -0.2) is 6.17 Å². The summed E-state index contributed by atoms with van der Waals surface area (Å²) in [4.78, 5) is 0. The fourth-order valence-electron chi connectivity index (χ4n) is 1.51. The van der Waals surface area contributed by atoms with E-state index in [1.165, 1.54) is 6.08 Å². The second-order valence-corrected chi connectivity index (χ2v) is 3.71. The van der Waals surface area contributed by atoms with Crippen molar-refractivity contribution in [1.82, 2.24) is 0 Å². The number of hydrogen-bond donors (Lipinski definition) is 0. The van der Waals surface area contributed by atoms with Crippen LogP contribution in [0.1, 0.15) is 11.5 Å². The Morgan fingerprint density at radius 1 is 1.07 bits per heavy atom. The van der Waals surface area contributed by atoms with Gasteiger partial charge in [-0.15, -0.1) is 0 Å². The highest BCUT2D eigenvalue weighted by atomic mass is 35.5. The van der Waals surface area contributed by atoms with E-state index >= 15 is 0 Å². The van der Waals surface area contributed by atoms with Crippen LogP contribution in [0.4, 0.5) is 4.39 Å². The molecule has 72 valence electrons. The predicted molar refractivity (Wildman–Crippen MR) is 57.2 cm³/mol. The summed E-state index contributed by atoms with van der Waals surface area (Å²) < 4.78 is 13.0. The summed E-state index contributed by atoms with van der Waals surface area (Å²) in [6.07, 6.45) is 3.96. The van der Waals surface area contributed by atoms with Gasteiger partial charge in [0.05, 0.1) is 5.03 Å². The molecule has 0 radical (unpaired) electrons. The lowest BCUT2D eigenvalue weighted by molar-refractivity contribution is 0.457. The van der Waals surface area contributed by atoms with Gasteiger partial charge in [0.25, 0.3) is 0 Å². The van der Waals surface area contributed by atoms with Crippen molar-refractivity contribution in [2.24, 2.45) is 0 Å². The Morgan fingerprint density at radius 2 is 1.79 bits per heavy atom. The van der Waals surface area contributed by atoms with Gasteiger partial charge in [-0.1, -0.05) is 54.1 Å². The fourth-order valence-corrected chi connectivity index (χ4v) is 1.72. The molecule has 2 heteroatoms. The maximum absolute atomic E-state index is 13.0. The van der Waals surface area contributed by atoms with Crippen LogP contribution < -0.4 is 0 Å². The fraction of sp³-hybridized carbons (Fsp3) is 0.167. The van der Waals surface area contributed by atoms with Crippen LogP contribution in [0.3, 0.4) is 0 Å². The van der Waals surface area contributed by atoms with Crippen molar-refractivity contribution in [1.29, 1.82) is 0 Å². The van der Waals surface area contributed by atoms with Crippen molar-refractivity contribution in [3.8, 4) is 0 Å². The smallest absolute Gasteiger partial charge is 0.154 e. The van der Waals surface area contributed by atoms with Gasteiger partial charge in [-0.3, -0.25) is 0 Å². The molecule has 0 amide bonds. The Hall–Kier alpha value is -1.08. The molecular formula is C12H10ClF. The molecule has 1 aromatic carbocycles. The molecule has 1 aliphatic rings. The van der Waals surface area contributed by atoms with Gasteiger partial charge < -0.3 is 0 Å². The highest BCUT2D eigenvalue weighted by Crippen LogP contribution is 2.28. The first-order valence-corrected chi connectivity index (χ1v) is 4.90. The molecule has 0 saturated heterocycles. The lowest BCUT2D eigenvalue weighted by Gasteiger charge is -2.15. The lowest BCUT2D eigenvalue weighted by Crippen LogP contribution is -2.04. The summed E-state index contributed by atoms with van der Waals surface area (Å²) in [6, 6.07) is 9.90. The van der Waals surface area contributed by atoms with Crippen LogP contribution in [0.25, 0.3) is 0 Å². The quantitative estimate of drug-likeness (QED) is 0.616. The van der Waals surface area contributed by atoms with Gasteiger partial charge in [0.2, 0.25) is 0 Å². The van der Waals surface area contributed by atoms with E-state index in [-0.39, 0.29) is 11.0 Å². The summed E-state index contributed by atoms with van der Waals surface area (Å²) in [6.45, 7) is 0. The highest BCUT2D eigenvalue weighted by molar-refractivity contribution is 6.30.